The maximum absolute atomic E-state index is 13.1. The van der Waals surface area contributed by atoms with Gasteiger partial charge >= 0.3 is 0 Å². The highest BCUT2D eigenvalue weighted by Gasteiger charge is 2.32. The molecule has 0 aliphatic carbocycles. The van der Waals surface area contributed by atoms with Crippen molar-refractivity contribution < 1.29 is 4.39 Å². The van der Waals surface area contributed by atoms with Crippen molar-refractivity contribution in [1.82, 2.24) is 5.43 Å². The van der Waals surface area contributed by atoms with Crippen LogP contribution in [0.3, 0.4) is 0 Å². The smallest absolute Gasteiger partial charge is 0.123 e. The normalized spacial score (nSPS) is 13.2. The van der Waals surface area contributed by atoms with Crippen LogP contribution in [0.1, 0.15) is 31.0 Å². The lowest BCUT2D eigenvalue weighted by Gasteiger charge is -2.35. The van der Waals surface area contributed by atoms with Gasteiger partial charge < -0.3 is 0 Å². The summed E-state index contributed by atoms with van der Waals surface area (Å²) < 4.78 is 13.1. The summed E-state index contributed by atoms with van der Waals surface area (Å²) in [5.41, 5.74) is 4.35. The maximum atomic E-state index is 13.1. The quantitative estimate of drug-likeness (QED) is 0.635. The molecule has 5 heteroatoms. The van der Waals surface area contributed by atoms with Crippen molar-refractivity contribution in [2.24, 2.45) is 5.84 Å². The molecule has 2 nitrogen and oxygen atoms in total. The molecule has 0 aliphatic heterocycles. The van der Waals surface area contributed by atoms with Crippen molar-refractivity contribution in [2.45, 2.75) is 25.3 Å². The van der Waals surface area contributed by atoms with Crippen LogP contribution in [0, 0.1) is 5.82 Å². The molecule has 0 aliphatic rings. The third-order valence-corrected chi connectivity index (χ3v) is 4.49. The fourth-order valence-corrected chi connectivity index (χ4v) is 2.77. The van der Waals surface area contributed by atoms with E-state index in [1.165, 1.54) is 12.1 Å². The lowest BCUT2D eigenvalue weighted by atomic mass is 9.75. The first-order chi connectivity index (χ1) is 9.86. The van der Waals surface area contributed by atoms with E-state index < -0.39 is 0 Å². The van der Waals surface area contributed by atoms with Crippen LogP contribution < -0.4 is 11.3 Å². The lowest BCUT2D eigenvalue weighted by Crippen LogP contribution is -2.41. The largest absolute Gasteiger partial charge is 0.271 e. The zero-order valence-corrected chi connectivity index (χ0v) is 13.3. The van der Waals surface area contributed by atoms with E-state index in [-0.39, 0.29) is 17.3 Å². The molecule has 2 aromatic carbocycles. The molecule has 112 valence electrons. The molecule has 1 unspecified atom stereocenters. The first kappa shape index (κ1) is 16.2. The Kier molecular flexibility index (Phi) is 4.89. The molecular formula is C16H17Cl2FN2. The Morgan fingerprint density at radius 2 is 1.67 bits per heavy atom. The topological polar surface area (TPSA) is 38.0 Å². The number of halogens is 3. The van der Waals surface area contributed by atoms with Crippen LogP contribution >= 0.6 is 23.2 Å². The van der Waals surface area contributed by atoms with Crippen molar-refractivity contribution >= 4 is 23.2 Å². The van der Waals surface area contributed by atoms with Crippen LogP contribution in [-0.2, 0) is 5.41 Å². The zero-order chi connectivity index (χ0) is 15.6. The second-order valence-corrected chi connectivity index (χ2v) is 6.32. The highest BCUT2D eigenvalue weighted by molar-refractivity contribution is 6.42. The van der Waals surface area contributed by atoms with Crippen molar-refractivity contribution in [3.05, 3.63) is 69.5 Å². The van der Waals surface area contributed by atoms with Crippen LogP contribution in [-0.4, -0.2) is 0 Å². The highest BCUT2D eigenvalue weighted by atomic mass is 35.5. The third kappa shape index (κ3) is 3.38. The molecule has 0 saturated heterocycles. The maximum Gasteiger partial charge on any atom is 0.123 e. The molecule has 0 radical (unpaired) electrons. The zero-order valence-electron chi connectivity index (χ0n) is 11.8. The van der Waals surface area contributed by atoms with Crippen molar-refractivity contribution in [3.8, 4) is 0 Å². The minimum atomic E-state index is -0.361. The van der Waals surface area contributed by atoms with E-state index in [0.29, 0.717) is 10.0 Å². The number of nitrogens with one attached hydrogen (secondary N) is 1. The summed E-state index contributed by atoms with van der Waals surface area (Å²) in [5, 5.41) is 0.972. The van der Waals surface area contributed by atoms with Gasteiger partial charge in [0.15, 0.2) is 0 Å². The molecule has 0 amide bonds. The molecule has 21 heavy (non-hydrogen) atoms. The molecular weight excluding hydrogens is 310 g/mol. The Bertz CT molecular complexity index is 627. The molecule has 1 atom stereocenters. The average molecular weight is 327 g/mol. The molecule has 0 bridgehead atoms. The number of rotatable bonds is 4. The third-order valence-electron chi connectivity index (χ3n) is 3.75. The van der Waals surface area contributed by atoms with Gasteiger partial charge in [-0.05, 0) is 35.4 Å². The van der Waals surface area contributed by atoms with Gasteiger partial charge in [0, 0.05) is 5.41 Å². The van der Waals surface area contributed by atoms with E-state index in [1.807, 2.05) is 19.9 Å². The predicted octanol–water partition coefficient (Wildman–Crippen LogP) is 4.61. The van der Waals surface area contributed by atoms with Gasteiger partial charge in [-0.1, -0.05) is 55.2 Å². The minimum absolute atomic E-state index is 0.197. The first-order valence-electron chi connectivity index (χ1n) is 6.53. The molecule has 0 fully saturated rings. The average Bonchev–Trinajstić information content (AvgIpc) is 2.44. The monoisotopic (exact) mass is 326 g/mol. The molecule has 0 saturated carbocycles. The standard InChI is InChI=1S/C16H17Cl2FN2/c1-16(2,11-4-6-12(19)7-5-11)15(21-20)10-3-8-13(17)14(18)9-10/h3-9,15,21H,20H2,1-2H3. The fraction of sp³-hybridized carbons (Fsp3) is 0.250. The first-order valence-corrected chi connectivity index (χ1v) is 7.29. The van der Waals surface area contributed by atoms with Crippen LogP contribution in [0.15, 0.2) is 42.5 Å². The van der Waals surface area contributed by atoms with E-state index in [1.54, 1.807) is 24.3 Å². The van der Waals surface area contributed by atoms with E-state index in [4.69, 9.17) is 29.0 Å². The second kappa shape index (κ2) is 6.32. The summed E-state index contributed by atoms with van der Waals surface area (Å²) in [6.45, 7) is 4.07. The van der Waals surface area contributed by atoms with Gasteiger partial charge in [-0.3, -0.25) is 11.3 Å². The SMILES string of the molecule is CC(C)(c1ccc(F)cc1)C(NN)c1ccc(Cl)c(Cl)c1. The van der Waals surface area contributed by atoms with Crippen LogP contribution in [0.4, 0.5) is 4.39 Å². The Balaban J connectivity index is 2.43. The lowest BCUT2D eigenvalue weighted by molar-refractivity contribution is 0.352. The summed E-state index contributed by atoms with van der Waals surface area (Å²) in [5.74, 6) is 5.48. The van der Waals surface area contributed by atoms with E-state index in [0.717, 1.165) is 11.1 Å². The molecule has 0 heterocycles. The van der Waals surface area contributed by atoms with E-state index in [9.17, 15) is 4.39 Å². The van der Waals surface area contributed by atoms with Gasteiger partial charge in [0.05, 0.1) is 16.1 Å². The minimum Gasteiger partial charge on any atom is -0.271 e. The Morgan fingerprint density at radius 3 is 2.19 bits per heavy atom. The summed E-state index contributed by atoms with van der Waals surface area (Å²) in [4.78, 5) is 0. The number of hydrazine groups is 1. The van der Waals surface area contributed by atoms with Crippen molar-refractivity contribution in [2.75, 3.05) is 0 Å². The van der Waals surface area contributed by atoms with Gasteiger partial charge in [0.1, 0.15) is 5.82 Å². The number of benzene rings is 2. The van der Waals surface area contributed by atoms with Crippen molar-refractivity contribution in [1.29, 1.82) is 0 Å². The van der Waals surface area contributed by atoms with Crippen LogP contribution in [0.25, 0.3) is 0 Å². The summed E-state index contributed by atoms with van der Waals surface area (Å²) in [6, 6.07) is 11.6. The van der Waals surface area contributed by atoms with Gasteiger partial charge in [0.25, 0.3) is 0 Å². The van der Waals surface area contributed by atoms with Crippen LogP contribution in [0.2, 0.25) is 10.0 Å². The molecule has 0 spiro atoms. The van der Waals surface area contributed by atoms with Crippen molar-refractivity contribution in [3.63, 3.8) is 0 Å². The second-order valence-electron chi connectivity index (χ2n) is 5.50. The molecule has 0 aromatic heterocycles. The Morgan fingerprint density at radius 1 is 1.05 bits per heavy atom. The van der Waals surface area contributed by atoms with E-state index in [2.05, 4.69) is 5.43 Å². The Labute approximate surface area is 134 Å². The van der Waals surface area contributed by atoms with Gasteiger partial charge in [-0.15, -0.1) is 0 Å². The van der Waals surface area contributed by atoms with Gasteiger partial charge in [-0.2, -0.15) is 0 Å². The summed E-state index contributed by atoms with van der Waals surface area (Å²) >= 11 is 12.0. The van der Waals surface area contributed by atoms with E-state index >= 15 is 0 Å². The predicted molar refractivity (Wildman–Crippen MR) is 86.0 cm³/mol. The Hall–Kier alpha value is -1.13. The number of nitrogens with two attached hydrogens (primary N) is 1. The van der Waals surface area contributed by atoms with Crippen LogP contribution in [0.5, 0.6) is 0 Å². The number of hydrogen-bond donors (Lipinski definition) is 2. The van der Waals surface area contributed by atoms with Gasteiger partial charge in [-0.25, -0.2) is 4.39 Å². The molecule has 2 aromatic rings. The number of hydrogen-bond acceptors (Lipinski definition) is 2. The fourth-order valence-electron chi connectivity index (χ4n) is 2.46. The van der Waals surface area contributed by atoms with Gasteiger partial charge in [0.2, 0.25) is 0 Å². The summed E-state index contributed by atoms with van der Waals surface area (Å²) in [6.07, 6.45) is 0. The highest BCUT2D eigenvalue weighted by Crippen LogP contribution is 2.38. The molecule has 2 rings (SSSR count). The summed E-state index contributed by atoms with van der Waals surface area (Å²) in [7, 11) is 0. The molecule has 3 N–H and O–H groups in total.